The lowest BCUT2D eigenvalue weighted by Crippen LogP contribution is -2.33. The molecule has 1 amide bonds. The van der Waals surface area contributed by atoms with Gasteiger partial charge in [-0.3, -0.25) is 4.79 Å². The van der Waals surface area contributed by atoms with E-state index in [1.807, 2.05) is 60.7 Å². The maximum Gasteiger partial charge on any atom is 0.222 e. The van der Waals surface area contributed by atoms with Crippen molar-refractivity contribution in [3.05, 3.63) is 71.8 Å². The zero-order chi connectivity index (χ0) is 15.9. The van der Waals surface area contributed by atoms with E-state index in [0.29, 0.717) is 12.3 Å². The Morgan fingerprint density at radius 3 is 1.91 bits per heavy atom. The van der Waals surface area contributed by atoms with Gasteiger partial charge in [0.2, 0.25) is 5.91 Å². The van der Waals surface area contributed by atoms with Crippen LogP contribution in [0.4, 0.5) is 0 Å². The van der Waals surface area contributed by atoms with Crippen LogP contribution >= 0.6 is 12.4 Å². The summed E-state index contributed by atoms with van der Waals surface area (Å²) in [6.07, 6.45) is 0.292. The largest absolute Gasteiger partial charge is 0.349 e. The van der Waals surface area contributed by atoms with Crippen LogP contribution in [0.3, 0.4) is 0 Å². The van der Waals surface area contributed by atoms with Crippen molar-refractivity contribution in [2.24, 2.45) is 11.7 Å². The van der Waals surface area contributed by atoms with E-state index in [1.54, 1.807) is 0 Å². The van der Waals surface area contributed by atoms with Crippen molar-refractivity contribution in [1.29, 1.82) is 0 Å². The molecule has 2 atom stereocenters. The smallest absolute Gasteiger partial charge is 0.222 e. The molecule has 2 aromatic rings. The van der Waals surface area contributed by atoms with Gasteiger partial charge in [-0.05, 0) is 17.0 Å². The molecule has 2 rings (SSSR count). The van der Waals surface area contributed by atoms with Crippen molar-refractivity contribution < 1.29 is 4.79 Å². The predicted octanol–water partition coefficient (Wildman–Crippen LogP) is 4.01. The fraction of sp³-hybridized carbons (Fsp3) is 0.316. The molecule has 0 saturated heterocycles. The monoisotopic (exact) mass is 332 g/mol. The number of halogens is 1. The van der Waals surface area contributed by atoms with Crippen molar-refractivity contribution in [1.82, 2.24) is 5.32 Å². The number of carbonyl (C=O) groups excluding carboxylic acids is 1. The summed E-state index contributed by atoms with van der Waals surface area (Å²) < 4.78 is 0. The Bertz CT molecular complexity index is 587. The lowest BCUT2D eigenvalue weighted by Gasteiger charge is -2.24. The third kappa shape index (κ3) is 5.70. The Morgan fingerprint density at radius 2 is 1.43 bits per heavy atom. The van der Waals surface area contributed by atoms with E-state index in [-0.39, 0.29) is 30.4 Å². The van der Waals surface area contributed by atoms with Crippen LogP contribution in [0.25, 0.3) is 0 Å². The highest BCUT2D eigenvalue weighted by atomic mass is 35.5. The van der Waals surface area contributed by atoms with Gasteiger partial charge in [-0.15, -0.1) is 12.4 Å². The Morgan fingerprint density at radius 1 is 0.957 bits per heavy atom. The Hall–Kier alpha value is -1.84. The molecule has 0 saturated carbocycles. The minimum Gasteiger partial charge on any atom is -0.349 e. The lowest BCUT2D eigenvalue weighted by atomic mass is 9.95. The minimum atomic E-state index is -0.273. The number of hydrogen-bond donors (Lipinski definition) is 2. The van der Waals surface area contributed by atoms with Crippen LogP contribution in [0.2, 0.25) is 0 Å². The van der Waals surface area contributed by atoms with Crippen molar-refractivity contribution in [3.8, 4) is 0 Å². The predicted molar refractivity (Wildman–Crippen MR) is 97.4 cm³/mol. The van der Waals surface area contributed by atoms with Crippen LogP contribution < -0.4 is 11.1 Å². The first-order chi connectivity index (χ1) is 10.6. The number of rotatable bonds is 6. The second-order valence-electron chi connectivity index (χ2n) is 5.92. The van der Waals surface area contributed by atoms with Crippen LogP contribution in [0.15, 0.2) is 60.7 Å². The summed E-state index contributed by atoms with van der Waals surface area (Å²) in [6.45, 7) is 4.21. The first kappa shape index (κ1) is 19.2. The van der Waals surface area contributed by atoms with Crippen LogP contribution in [-0.4, -0.2) is 5.91 Å². The van der Waals surface area contributed by atoms with Gasteiger partial charge >= 0.3 is 0 Å². The quantitative estimate of drug-likeness (QED) is 0.839. The van der Waals surface area contributed by atoms with Crippen molar-refractivity contribution in [3.63, 3.8) is 0 Å². The summed E-state index contributed by atoms with van der Waals surface area (Å²) in [5.41, 5.74) is 8.23. The molecule has 0 spiro atoms. The van der Waals surface area contributed by atoms with E-state index >= 15 is 0 Å². The number of nitrogens with two attached hydrogens (primary N) is 1. The Balaban J connectivity index is 0.00000264. The van der Waals surface area contributed by atoms with Crippen LogP contribution in [0.5, 0.6) is 0 Å². The fourth-order valence-corrected chi connectivity index (χ4v) is 2.55. The Kier molecular flexibility index (Phi) is 7.79. The van der Waals surface area contributed by atoms with Crippen molar-refractivity contribution >= 4 is 18.3 Å². The third-order valence-electron chi connectivity index (χ3n) is 3.77. The van der Waals surface area contributed by atoms with Gasteiger partial charge in [-0.2, -0.15) is 0 Å². The summed E-state index contributed by atoms with van der Waals surface area (Å²) in [6, 6.07) is 19.5. The van der Waals surface area contributed by atoms with Gasteiger partial charge in [0.05, 0.1) is 6.04 Å². The van der Waals surface area contributed by atoms with Crippen LogP contribution in [0, 0.1) is 5.92 Å². The van der Waals surface area contributed by atoms with E-state index < -0.39 is 0 Å². The molecule has 0 aliphatic heterocycles. The molecule has 4 heteroatoms. The molecule has 2 unspecified atom stereocenters. The second-order valence-corrected chi connectivity index (χ2v) is 5.92. The normalized spacial score (nSPS) is 13.0. The van der Waals surface area contributed by atoms with Gasteiger partial charge in [-0.1, -0.05) is 74.5 Å². The van der Waals surface area contributed by atoms with E-state index in [2.05, 4.69) is 19.2 Å². The van der Waals surface area contributed by atoms with E-state index in [9.17, 15) is 4.79 Å². The number of nitrogens with one attached hydrogen (secondary N) is 1. The highest BCUT2D eigenvalue weighted by Gasteiger charge is 2.19. The minimum absolute atomic E-state index is 0. The highest BCUT2D eigenvalue weighted by Crippen LogP contribution is 2.22. The van der Waals surface area contributed by atoms with E-state index in [0.717, 1.165) is 11.1 Å². The van der Waals surface area contributed by atoms with E-state index in [4.69, 9.17) is 5.73 Å². The van der Waals surface area contributed by atoms with Gasteiger partial charge in [0.25, 0.3) is 0 Å². The molecule has 0 aliphatic rings. The lowest BCUT2D eigenvalue weighted by molar-refractivity contribution is -0.122. The number of hydrogen-bond acceptors (Lipinski definition) is 2. The average Bonchev–Trinajstić information content (AvgIpc) is 2.54. The standard InChI is InChI=1S/C19H24N2O.ClH/c1-14(2)19(16-11-7-4-8-12-16)21-18(22)13-17(20)15-9-5-3-6-10-15;/h3-12,14,17,19H,13,20H2,1-2H3,(H,21,22);1H. The SMILES string of the molecule is CC(C)C(NC(=O)CC(N)c1ccccc1)c1ccccc1.Cl. The zero-order valence-corrected chi connectivity index (χ0v) is 14.4. The summed E-state index contributed by atoms with van der Waals surface area (Å²) in [7, 11) is 0. The summed E-state index contributed by atoms with van der Waals surface area (Å²) in [5.74, 6) is 0.304. The molecule has 124 valence electrons. The van der Waals surface area contributed by atoms with Crippen LogP contribution in [0.1, 0.15) is 43.5 Å². The molecule has 0 radical (unpaired) electrons. The topological polar surface area (TPSA) is 55.1 Å². The fourth-order valence-electron chi connectivity index (χ4n) is 2.55. The molecule has 0 aliphatic carbocycles. The molecule has 0 fully saturated rings. The maximum absolute atomic E-state index is 12.3. The second kappa shape index (κ2) is 9.33. The molecule has 23 heavy (non-hydrogen) atoms. The molecule has 2 aromatic carbocycles. The summed E-state index contributed by atoms with van der Waals surface area (Å²) in [5, 5.41) is 3.11. The molecule has 3 nitrogen and oxygen atoms in total. The number of benzene rings is 2. The summed E-state index contributed by atoms with van der Waals surface area (Å²) in [4.78, 5) is 12.3. The first-order valence-corrected chi connectivity index (χ1v) is 7.72. The van der Waals surface area contributed by atoms with Gasteiger partial charge in [0.1, 0.15) is 0 Å². The first-order valence-electron chi connectivity index (χ1n) is 7.72. The van der Waals surface area contributed by atoms with Crippen molar-refractivity contribution in [2.75, 3.05) is 0 Å². The molecule has 0 heterocycles. The molecule has 0 bridgehead atoms. The number of carbonyl (C=O) groups is 1. The molecular formula is C19H25ClN2O. The van der Waals surface area contributed by atoms with Crippen molar-refractivity contribution in [2.45, 2.75) is 32.4 Å². The molecule has 3 N–H and O–H groups in total. The van der Waals surface area contributed by atoms with Gasteiger partial charge in [0.15, 0.2) is 0 Å². The molecule has 0 aromatic heterocycles. The highest BCUT2D eigenvalue weighted by molar-refractivity contribution is 5.85. The van der Waals surface area contributed by atoms with Gasteiger partial charge < -0.3 is 11.1 Å². The van der Waals surface area contributed by atoms with E-state index in [1.165, 1.54) is 0 Å². The van der Waals surface area contributed by atoms with Crippen LogP contribution in [-0.2, 0) is 4.79 Å². The molecular weight excluding hydrogens is 308 g/mol. The summed E-state index contributed by atoms with van der Waals surface area (Å²) >= 11 is 0. The Labute approximate surface area is 144 Å². The zero-order valence-electron chi connectivity index (χ0n) is 13.6. The average molecular weight is 333 g/mol. The van der Waals surface area contributed by atoms with Gasteiger partial charge in [-0.25, -0.2) is 0 Å². The number of amides is 1. The third-order valence-corrected chi connectivity index (χ3v) is 3.77. The maximum atomic E-state index is 12.3. The van der Waals surface area contributed by atoms with Gasteiger partial charge in [0, 0.05) is 12.5 Å².